The van der Waals surface area contributed by atoms with E-state index in [9.17, 15) is 9.90 Å². The second kappa shape index (κ2) is 8.29. The summed E-state index contributed by atoms with van der Waals surface area (Å²) in [5, 5.41) is 22.0. The lowest BCUT2D eigenvalue weighted by molar-refractivity contribution is -0.120. The Bertz CT molecular complexity index is 743. The van der Waals surface area contributed by atoms with Crippen LogP contribution in [-0.4, -0.2) is 36.1 Å². The highest BCUT2D eigenvalue weighted by atomic mass is 35.5. The molecule has 2 N–H and O–H groups in total. The Morgan fingerprint density at radius 2 is 2.17 bits per heavy atom. The van der Waals surface area contributed by atoms with Crippen LogP contribution in [0.15, 0.2) is 42.6 Å². The largest absolute Gasteiger partial charge is 0.387 e. The number of carbonyl (C=O) groups is 1. The molecule has 0 radical (unpaired) electrons. The number of nitrogens with one attached hydrogen (secondary N) is 1. The average Bonchev–Trinajstić information content (AvgIpc) is 2.60. The molecule has 0 aliphatic carbocycles. The van der Waals surface area contributed by atoms with Gasteiger partial charge in [0, 0.05) is 30.4 Å². The quantitative estimate of drug-likeness (QED) is 0.835. The predicted molar refractivity (Wildman–Crippen MR) is 91.6 cm³/mol. The first-order valence-electron chi connectivity index (χ1n) is 7.27. The number of hydrogen-bond acceptors (Lipinski definition) is 5. The van der Waals surface area contributed by atoms with Crippen LogP contribution in [0.1, 0.15) is 17.2 Å². The molecule has 1 amide bonds. The van der Waals surface area contributed by atoms with Crippen LogP contribution in [0.2, 0.25) is 5.02 Å². The van der Waals surface area contributed by atoms with E-state index in [1.165, 1.54) is 6.20 Å². The van der Waals surface area contributed by atoms with E-state index in [1.807, 2.05) is 6.07 Å². The average molecular weight is 345 g/mol. The molecule has 1 aromatic heterocycles. The van der Waals surface area contributed by atoms with Crippen molar-refractivity contribution in [1.82, 2.24) is 10.3 Å². The minimum absolute atomic E-state index is 0.0667. The van der Waals surface area contributed by atoms with Crippen LogP contribution in [0.4, 0.5) is 5.82 Å². The number of aliphatic hydroxyl groups excluding tert-OH is 1. The van der Waals surface area contributed by atoms with Gasteiger partial charge in [0.25, 0.3) is 0 Å². The Balaban J connectivity index is 1.86. The van der Waals surface area contributed by atoms with E-state index in [4.69, 9.17) is 16.9 Å². The number of carbonyl (C=O) groups excluding carboxylic acids is 1. The van der Waals surface area contributed by atoms with Gasteiger partial charge in [-0.3, -0.25) is 4.79 Å². The third-order valence-corrected chi connectivity index (χ3v) is 3.75. The number of hydrogen-bond donors (Lipinski definition) is 2. The van der Waals surface area contributed by atoms with Gasteiger partial charge < -0.3 is 15.3 Å². The van der Waals surface area contributed by atoms with Gasteiger partial charge in [-0.05, 0) is 18.2 Å². The zero-order chi connectivity index (χ0) is 17.5. The molecule has 2 aromatic rings. The fraction of sp³-hybridized carbons (Fsp3) is 0.235. The van der Waals surface area contributed by atoms with Gasteiger partial charge in [-0.15, -0.1) is 0 Å². The third-order valence-electron chi connectivity index (χ3n) is 3.41. The molecular weight excluding hydrogens is 328 g/mol. The molecule has 24 heavy (non-hydrogen) atoms. The van der Waals surface area contributed by atoms with E-state index in [1.54, 1.807) is 48.3 Å². The van der Waals surface area contributed by atoms with Crippen LogP contribution in [0.25, 0.3) is 0 Å². The van der Waals surface area contributed by atoms with Crippen LogP contribution in [-0.2, 0) is 4.79 Å². The van der Waals surface area contributed by atoms with E-state index < -0.39 is 6.10 Å². The summed E-state index contributed by atoms with van der Waals surface area (Å²) in [4.78, 5) is 17.8. The van der Waals surface area contributed by atoms with Crippen molar-refractivity contribution in [2.45, 2.75) is 6.10 Å². The minimum atomic E-state index is -0.874. The van der Waals surface area contributed by atoms with Gasteiger partial charge in [0.15, 0.2) is 0 Å². The summed E-state index contributed by atoms with van der Waals surface area (Å²) in [6, 6.07) is 12.2. The topological polar surface area (TPSA) is 89.3 Å². The number of nitrogens with zero attached hydrogens (tertiary/aromatic N) is 3. The molecule has 0 aliphatic rings. The SMILES string of the molecule is CN(CC(=O)NC[C@@H](O)c1ccccc1Cl)c1ccc(C#N)cn1. The van der Waals surface area contributed by atoms with Crippen molar-refractivity contribution in [2.75, 3.05) is 25.0 Å². The maximum Gasteiger partial charge on any atom is 0.239 e. The monoisotopic (exact) mass is 344 g/mol. The van der Waals surface area contributed by atoms with E-state index in [0.717, 1.165) is 0 Å². The lowest BCUT2D eigenvalue weighted by Crippen LogP contribution is -2.37. The number of benzene rings is 1. The molecule has 0 aliphatic heterocycles. The van der Waals surface area contributed by atoms with E-state index in [-0.39, 0.29) is 19.0 Å². The number of aromatic nitrogens is 1. The first kappa shape index (κ1) is 17.7. The summed E-state index contributed by atoms with van der Waals surface area (Å²) < 4.78 is 0. The lowest BCUT2D eigenvalue weighted by atomic mass is 10.1. The van der Waals surface area contributed by atoms with Crippen LogP contribution in [0.3, 0.4) is 0 Å². The summed E-state index contributed by atoms with van der Waals surface area (Å²) in [7, 11) is 1.72. The molecule has 0 spiro atoms. The van der Waals surface area contributed by atoms with Crippen LogP contribution < -0.4 is 10.2 Å². The van der Waals surface area contributed by atoms with Gasteiger partial charge in [0.05, 0.1) is 18.2 Å². The smallest absolute Gasteiger partial charge is 0.239 e. The molecule has 7 heteroatoms. The van der Waals surface area contributed by atoms with Gasteiger partial charge in [-0.25, -0.2) is 4.98 Å². The molecule has 124 valence electrons. The zero-order valence-corrected chi connectivity index (χ0v) is 13.9. The molecule has 0 unspecified atom stereocenters. The number of halogens is 1. The fourth-order valence-corrected chi connectivity index (χ4v) is 2.36. The molecule has 0 bridgehead atoms. The highest BCUT2D eigenvalue weighted by molar-refractivity contribution is 6.31. The Hall–Kier alpha value is -2.62. The van der Waals surface area contributed by atoms with Gasteiger partial charge in [0.1, 0.15) is 11.9 Å². The summed E-state index contributed by atoms with van der Waals surface area (Å²) in [6.45, 7) is 0.144. The predicted octanol–water partition coefficient (Wildman–Crippen LogP) is 1.89. The highest BCUT2D eigenvalue weighted by Gasteiger charge is 2.14. The Labute approximate surface area is 145 Å². The number of amides is 1. The number of likely N-dealkylation sites (N-methyl/N-ethyl adjacent to an activating group) is 1. The number of rotatable bonds is 6. The van der Waals surface area contributed by atoms with E-state index in [2.05, 4.69) is 10.3 Å². The fourth-order valence-electron chi connectivity index (χ4n) is 2.10. The summed E-state index contributed by atoms with van der Waals surface area (Å²) in [6.07, 6.45) is 0.575. The van der Waals surface area contributed by atoms with Gasteiger partial charge >= 0.3 is 0 Å². The highest BCUT2D eigenvalue weighted by Crippen LogP contribution is 2.21. The van der Waals surface area contributed by atoms with Crippen molar-refractivity contribution in [3.05, 3.63) is 58.7 Å². The number of aliphatic hydroxyl groups is 1. The Morgan fingerprint density at radius 1 is 1.42 bits per heavy atom. The maximum absolute atomic E-state index is 12.0. The summed E-state index contributed by atoms with van der Waals surface area (Å²) in [5.41, 5.74) is 1.03. The van der Waals surface area contributed by atoms with Gasteiger partial charge in [-0.1, -0.05) is 29.8 Å². The van der Waals surface area contributed by atoms with Crippen molar-refractivity contribution in [2.24, 2.45) is 0 Å². The summed E-state index contributed by atoms with van der Waals surface area (Å²) in [5.74, 6) is 0.325. The molecule has 2 rings (SSSR count). The molecule has 0 fully saturated rings. The molecular formula is C17H17ClN4O2. The summed E-state index contributed by atoms with van der Waals surface area (Å²) >= 11 is 6.01. The van der Waals surface area contributed by atoms with Gasteiger partial charge in [0.2, 0.25) is 5.91 Å². The van der Waals surface area contributed by atoms with Crippen LogP contribution in [0.5, 0.6) is 0 Å². The zero-order valence-electron chi connectivity index (χ0n) is 13.1. The first-order valence-corrected chi connectivity index (χ1v) is 7.65. The van der Waals surface area contributed by atoms with Gasteiger partial charge in [-0.2, -0.15) is 5.26 Å². The molecule has 1 atom stereocenters. The maximum atomic E-state index is 12.0. The van der Waals surface area contributed by atoms with E-state index >= 15 is 0 Å². The molecule has 0 saturated heterocycles. The van der Waals surface area contributed by atoms with E-state index in [0.29, 0.717) is 22.0 Å². The Kier molecular flexibility index (Phi) is 6.13. The standard InChI is InChI=1S/C17H17ClN4O2/c1-22(16-7-6-12(8-19)9-20-16)11-17(24)21-10-15(23)13-4-2-3-5-14(13)18/h2-7,9,15,23H,10-11H2,1H3,(H,21,24)/t15-/m1/s1. The molecule has 1 aromatic carbocycles. The molecule has 1 heterocycles. The second-order valence-corrected chi connectivity index (χ2v) is 5.62. The Morgan fingerprint density at radius 3 is 2.79 bits per heavy atom. The minimum Gasteiger partial charge on any atom is -0.387 e. The number of nitriles is 1. The normalized spacial score (nSPS) is 11.4. The number of anilines is 1. The first-order chi connectivity index (χ1) is 11.5. The van der Waals surface area contributed by atoms with Crippen LogP contribution in [0, 0.1) is 11.3 Å². The van der Waals surface area contributed by atoms with Crippen molar-refractivity contribution in [3.8, 4) is 6.07 Å². The van der Waals surface area contributed by atoms with Crippen molar-refractivity contribution in [1.29, 1.82) is 5.26 Å². The lowest BCUT2D eigenvalue weighted by Gasteiger charge is -2.19. The molecule has 0 saturated carbocycles. The van der Waals surface area contributed by atoms with Crippen molar-refractivity contribution < 1.29 is 9.90 Å². The second-order valence-electron chi connectivity index (χ2n) is 5.21. The third kappa shape index (κ3) is 4.69. The molecule has 6 nitrogen and oxygen atoms in total. The van der Waals surface area contributed by atoms with Crippen molar-refractivity contribution in [3.63, 3.8) is 0 Å². The van der Waals surface area contributed by atoms with Crippen LogP contribution >= 0.6 is 11.6 Å². The van der Waals surface area contributed by atoms with Crippen molar-refractivity contribution >= 4 is 23.3 Å². The number of pyridine rings is 1.